The first-order chi connectivity index (χ1) is 18.4. The highest BCUT2D eigenvalue weighted by atomic mass is 35.5. The van der Waals surface area contributed by atoms with Crippen LogP contribution in [-0.2, 0) is 10.0 Å². The molecule has 0 aliphatic rings. The second-order valence-electron chi connectivity index (χ2n) is 9.50. The van der Waals surface area contributed by atoms with Crippen molar-refractivity contribution in [2.24, 2.45) is 0 Å². The van der Waals surface area contributed by atoms with Gasteiger partial charge in [-0.15, -0.1) is 0 Å². The van der Waals surface area contributed by atoms with Crippen LogP contribution in [0.5, 0.6) is 0 Å². The molecule has 0 bridgehead atoms. The second-order valence-corrected chi connectivity index (χ2v) is 11.6. The molecular formula is C28H25ClN4O5S. The van der Waals surface area contributed by atoms with Gasteiger partial charge in [0.1, 0.15) is 16.5 Å². The molecule has 0 aliphatic carbocycles. The summed E-state index contributed by atoms with van der Waals surface area (Å²) in [5.74, 6) is -0.462. The Morgan fingerprint density at radius 3 is 2.62 bits per heavy atom. The summed E-state index contributed by atoms with van der Waals surface area (Å²) in [6.07, 6.45) is 2.72. The number of sulfonamides is 1. The predicted octanol–water partition coefficient (Wildman–Crippen LogP) is 5.47. The van der Waals surface area contributed by atoms with Crippen LogP contribution in [0.1, 0.15) is 40.1 Å². The standard InChI is InChI=1S/C28H25ClN4O5S/c1-14-11-19(16(3)31-21-7-8-23(29)32-24(21)28(35)33-39(4,36)37)27-20(12-14)25(34)15(2)26(38-27)18-6-5-17-9-10-30-22(17)13-18/h5-13,16,30-31H,1-4H3,(H,33,35)/t16-/m1/s1. The number of amides is 1. The van der Waals surface area contributed by atoms with Gasteiger partial charge in [-0.3, -0.25) is 9.59 Å². The number of hydrogen-bond donors (Lipinski definition) is 3. The molecule has 0 aliphatic heterocycles. The van der Waals surface area contributed by atoms with Gasteiger partial charge in [-0.25, -0.2) is 18.1 Å². The van der Waals surface area contributed by atoms with Gasteiger partial charge in [-0.05, 0) is 62.1 Å². The zero-order valence-corrected chi connectivity index (χ0v) is 23.1. The van der Waals surface area contributed by atoms with E-state index < -0.39 is 22.0 Å². The van der Waals surface area contributed by atoms with Crippen LogP contribution in [0.2, 0.25) is 5.15 Å². The number of H-pyrrole nitrogens is 1. The summed E-state index contributed by atoms with van der Waals surface area (Å²) in [4.78, 5) is 33.4. The minimum absolute atomic E-state index is 0.0259. The lowest BCUT2D eigenvalue weighted by molar-refractivity contribution is 0.0977. The zero-order chi connectivity index (χ0) is 28.1. The van der Waals surface area contributed by atoms with E-state index in [2.05, 4.69) is 15.3 Å². The second kappa shape index (κ2) is 9.87. The number of anilines is 1. The third kappa shape index (κ3) is 5.25. The number of carbonyl (C=O) groups is 1. The Morgan fingerprint density at radius 2 is 1.87 bits per heavy atom. The highest BCUT2D eigenvalue weighted by Gasteiger charge is 2.22. The molecule has 1 atom stereocenters. The maximum Gasteiger partial charge on any atom is 0.285 e. The van der Waals surface area contributed by atoms with Crippen LogP contribution in [0.15, 0.2) is 63.9 Å². The van der Waals surface area contributed by atoms with Crippen molar-refractivity contribution in [2.75, 3.05) is 11.6 Å². The number of hydrogen-bond acceptors (Lipinski definition) is 7. The van der Waals surface area contributed by atoms with Crippen molar-refractivity contribution < 1.29 is 17.6 Å². The molecule has 5 rings (SSSR count). The Balaban J connectivity index is 1.62. The number of rotatable bonds is 6. The average Bonchev–Trinajstić information content (AvgIpc) is 3.34. The van der Waals surface area contributed by atoms with E-state index in [0.29, 0.717) is 27.9 Å². The first kappa shape index (κ1) is 26.5. The number of halogens is 1. The van der Waals surface area contributed by atoms with Crippen LogP contribution in [-0.4, -0.2) is 30.5 Å². The minimum atomic E-state index is -3.83. The smallest absolute Gasteiger partial charge is 0.285 e. The zero-order valence-electron chi connectivity index (χ0n) is 21.5. The van der Waals surface area contributed by atoms with Gasteiger partial charge < -0.3 is 14.7 Å². The van der Waals surface area contributed by atoms with Gasteiger partial charge in [0.2, 0.25) is 10.0 Å². The van der Waals surface area contributed by atoms with Gasteiger partial charge in [0.05, 0.1) is 23.4 Å². The topological polar surface area (TPSA) is 134 Å². The molecule has 5 aromatic rings. The van der Waals surface area contributed by atoms with Crippen molar-refractivity contribution in [3.05, 3.63) is 92.5 Å². The molecule has 0 unspecified atom stereocenters. The summed E-state index contributed by atoms with van der Waals surface area (Å²) in [5.41, 5.74) is 4.03. The molecule has 0 fully saturated rings. The molecule has 1 amide bonds. The molecule has 3 N–H and O–H groups in total. The number of nitrogens with one attached hydrogen (secondary N) is 3. The van der Waals surface area contributed by atoms with Crippen LogP contribution in [0, 0.1) is 13.8 Å². The molecule has 39 heavy (non-hydrogen) atoms. The number of carbonyl (C=O) groups excluding carboxylic acids is 1. The molecule has 3 aromatic heterocycles. The Kier molecular flexibility index (Phi) is 6.69. The normalized spacial score (nSPS) is 12.5. The first-order valence-electron chi connectivity index (χ1n) is 12.0. The maximum absolute atomic E-state index is 13.5. The number of benzene rings is 2. The van der Waals surface area contributed by atoms with E-state index in [0.717, 1.165) is 28.3 Å². The van der Waals surface area contributed by atoms with Crippen molar-refractivity contribution in [1.29, 1.82) is 0 Å². The fourth-order valence-electron chi connectivity index (χ4n) is 4.61. The Morgan fingerprint density at radius 1 is 1.10 bits per heavy atom. The average molecular weight is 565 g/mol. The lowest BCUT2D eigenvalue weighted by atomic mass is 9.98. The molecule has 0 saturated heterocycles. The molecule has 3 heterocycles. The van der Waals surface area contributed by atoms with Crippen molar-refractivity contribution in [2.45, 2.75) is 26.8 Å². The number of aryl methyl sites for hydroxylation is 1. The van der Waals surface area contributed by atoms with E-state index in [1.54, 1.807) is 19.1 Å². The molecular weight excluding hydrogens is 540 g/mol. The first-order valence-corrected chi connectivity index (χ1v) is 14.3. The summed E-state index contributed by atoms with van der Waals surface area (Å²) >= 11 is 6.00. The number of pyridine rings is 1. The summed E-state index contributed by atoms with van der Waals surface area (Å²) in [5, 5.41) is 4.71. The lowest BCUT2D eigenvalue weighted by Gasteiger charge is -2.20. The van der Waals surface area contributed by atoms with E-state index in [4.69, 9.17) is 16.0 Å². The molecule has 200 valence electrons. The van der Waals surface area contributed by atoms with Gasteiger partial charge in [-0.1, -0.05) is 29.8 Å². The summed E-state index contributed by atoms with van der Waals surface area (Å²) < 4.78 is 31.7. The molecule has 0 saturated carbocycles. The largest absolute Gasteiger partial charge is 0.455 e. The molecule has 0 spiro atoms. The number of aromatic nitrogens is 2. The minimum Gasteiger partial charge on any atom is -0.455 e. The van der Waals surface area contributed by atoms with Crippen molar-refractivity contribution in [3.63, 3.8) is 0 Å². The van der Waals surface area contributed by atoms with Gasteiger partial charge in [0, 0.05) is 28.4 Å². The van der Waals surface area contributed by atoms with Crippen molar-refractivity contribution >= 4 is 55.1 Å². The van der Waals surface area contributed by atoms with E-state index in [1.807, 2.05) is 55.1 Å². The van der Waals surface area contributed by atoms with E-state index in [9.17, 15) is 18.0 Å². The van der Waals surface area contributed by atoms with E-state index >= 15 is 0 Å². The summed E-state index contributed by atoms with van der Waals surface area (Å²) in [7, 11) is -3.83. The van der Waals surface area contributed by atoms with Crippen LogP contribution in [0.3, 0.4) is 0 Å². The highest BCUT2D eigenvalue weighted by molar-refractivity contribution is 7.89. The summed E-state index contributed by atoms with van der Waals surface area (Å²) in [6.45, 7) is 5.47. The van der Waals surface area contributed by atoms with Crippen molar-refractivity contribution in [1.82, 2.24) is 14.7 Å². The number of nitrogens with zero attached hydrogens (tertiary/aromatic N) is 1. The van der Waals surface area contributed by atoms with E-state index in [1.165, 1.54) is 6.07 Å². The molecule has 0 radical (unpaired) electrons. The van der Waals surface area contributed by atoms with Gasteiger partial charge in [0.25, 0.3) is 5.91 Å². The Hall–Kier alpha value is -4.15. The fourth-order valence-corrected chi connectivity index (χ4v) is 5.19. The summed E-state index contributed by atoms with van der Waals surface area (Å²) in [6, 6.07) is 14.0. The SMILES string of the molecule is Cc1cc([C@@H](C)Nc2ccc(Cl)nc2C(=O)NS(C)(=O)=O)c2oc(-c3ccc4cc[nH]c4c3)c(C)c(=O)c2c1. The quantitative estimate of drug-likeness (QED) is 0.233. The maximum atomic E-state index is 13.5. The van der Waals surface area contributed by atoms with Gasteiger partial charge in [0.15, 0.2) is 11.1 Å². The molecule has 11 heteroatoms. The Labute approximate surface area is 229 Å². The van der Waals surface area contributed by atoms with Gasteiger partial charge in [-0.2, -0.15) is 0 Å². The third-order valence-corrected chi connectivity index (χ3v) is 7.17. The van der Waals surface area contributed by atoms with Crippen LogP contribution in [0.25, 0.3) is 33.2 Å². The predicted molar refractivity (Wildman–Crippen MR) is 153 cm³/mol. The molecule has 2 aromatic carbocycles. The van der Waals surface area contributed by atoms with Crippen molar-refractivity contribution in [3.8, 4) is 11.3 Å². The fraction of sp³-hybridized carbons (Fsp3) is 0.179. The third-order valence-electron chi connectivity index (χ3n) is 6.40. The van der Waals surface area contributed by atoms with Crippen LogP contribution < -0.4 is 15.5 Å². The van der Waals surface area contributed by atoms with Crippen LogP contribution in [0.4, 0.5) is 5.69 Å². The van der Waals surface area contributed by atoms with E-state index in [-0.39, 0.29) is 22.0 Å². The van der Waals surface area contributed by atoms with Crippen LogP contribution >= 0.6 is 11.6 Å². The lowest BCUT2D eigenvalue weighted by Crippen LogP contribution is -2.31. The Bertz CT molecular complexity index is 1950. The number of fused-ring (bicyclic) bond motifs is 2. The monoisotopic (exact) mass is 564 g/mol. The molecule has 9 nitrogen and oxygen atoms in total. The highest BCUT2D eigenvalue weighted by Crippen LogP contribution is 2.33. The number of aromatic amines is 1. The van der Waals surface area contributed by atoms with Gasteiger partial charge >= 0.3 is 0 Å².